The van der Waals surface area contributed by atoms with Gasteiger partial charge < -0.3 is 11.1 Å². The summed E-state index contributed by atoms with van der Waals surface area (Å²) in [7, 11) is 0. The number of nitrogen functional groups attached to an aromatic ring is 1. The van der Waals surface area contributed by atoms with Crippen molar-refractivity contribution < 1.29 is 4.79 Å². The van der Waals surface area contributed by atoms with Gasteiger partial charge in [0.1, 0.15) is 4.88 Å². The Morgan fingerprint density at radius 3 is 2.89 bits per heavy atom. The lowest BCUT2D eigenvalue weighted by Gasteiger charge is -2.06. The Kier molecular flexibility index (Phi) is 4.06. The maximum absolute atomic E-state index is 11.8. The normalized spacial score (nSPS) is 10.3. The van der Waals surface area contributed by atoms with Crippen LogP contribution >= 0.6 is 34.5 Å². The van der Waals surface area contributed by atoms with Gasteiger partial charge in [-0.25, -0.2) is 4.98 Å². The van der Waals surface area contributed by atoms with Crippen molar-refractivity contribution in [2.45, 2.75) is 6.54 Å². The summed E-state index contributed by atoms with van der Waals surface area (Å²) in [5.74, 6) is -0.236. The van der Waals surface area contributed by atoms with Gasteiger partial charge in [-0.2, -0.15) is 0 Å². The summed E-state index contributed by atoms with van der Waals surface area (Å²) >= 11 is 13.0. The van der Waals surface area contributed by atoms with E-state index in [1.54, 1.807) is 18.2 Å². The van der Waals surface area contributed by atoms with E-state index in [1.165, 1.54) is 6.20 Å². The fraction of sp³-hybridized carbons (Fsp3) is 0.0909. The van der Waals surface area contributed by atoms with E-state index in [-0.39, 0.29) is 5.91 Å². The van der Waals surface area contributed by atoms with Crippen LogP contribution in [0.2, 0.25) is 10.0 Å². The highest BCUT2D eigenvalue weighted by atomic mass is 35.5. The number of halogens is 2. The maximum atomic E-state index is 11.8. The largest absolute Gasteiger partial charge is 0.375 e. The van der Waals surface area contributed by atoms with Gasteiger partial charge in [0.25, 0.3) is 5.91 Å². The molecule has 7 heteroatoms. The van der Waals surface area contributed by atoms with Gasteiger partial charge in [-0.1, -0.05) is 46.7 Å². The second-order valence-electron chi connectivity index (χ2n) is 3.46. The topological polar surface area (TPSA) is 68.0 Å². The highest BCUT2D eigenvalue weighted by molar-refractivity contribution is 7.17. The van der Waals surface area contributed by atoms with Crippen LogP contribution in [0, 0.1) is 0 Å². The van der Waals surface area contributed by atoms with E-state index >= 15 is 0 Å². The summed E-state index contributed by atoms with van der Waals surface area (Å²) in [6, 6.07) is 5.27. The molecule has 0 aliphatic heterocycles. The lowest BCUT2D eigenvalue weighted by Crippen LogP contribution is -2.22. The van der Waals surface area contributed by atoms with Gasteiger partial charge in [0.2, 0.25) is 0 Å². The van der Waals surface area contributed by atoms with Crippen molar-refractivity contribution in [3.8, 4) is 0 Å². The molecular weight excluding hydrogens is 293 g/mol. The molecule has 0 saturated heterocycles. The van der Waals surface area contributed by atoms with E-state index in [0.717, 1.165) is 16.9 Å². The number of aromatic nitrogens is 1. The molecule has 1 aromatic carbocycles. The molecule has 0 spiro atoms. The molecule has 0 atom stereocenters. The number of hydrogen-bond acceptors (Lipinski definition) is 4. The minimum Gasteiger partial charge on any atom is -0.375 e. The molecule has 4 nitrogen and oxygen atoms in total. The zero-order valence-electron chi connectivity index (χ0n) is 9.11. The average Bonchev–Trinajstić information content (AvgIpc) is 2.77. The lowest BCUT2D eigenvalue weighted by atomic mass is 10.2. The quantitative estimate of drug-likeness (QED) is 0.916. The number of thiazole rings is 1. The smallest absolute Gasteiger partial charge is 0.263 e. The van der Waals surface area contributed by atoms with Gasteiger partial charge in [0.15, 0.2) is 5.13 Å². The van der Waals surface area contributed by atoms with Crippen molar-refractivity contribution >= 4 is 45.6 Å². The van der Waals surface area contributed by atoms with Crippen molar-refractivity contribution in [2.24, 2.45) is 0 Å². The molecule has 1 heterocycles. The Balaban J connectivity index is 2.04. The summed E-state index contributed by atoms with van der Waals surface area (Å²) in [5, 5.41) is 4.00. The Morgan fingerprint density at radius 2 is 2.22 bits per heavy atom. The number of nitrogens with zero attached hydrogens (tertiary/aromatic N) is 1. The number of carbonyl (C=O) groups is 1. The molecule has 0 radical (unpaired) electrons. The number of nitrogens with one attached hydrogen (secondary N) is 1. The molecule has 0 aliphatic rings. The van der Waals surface area contributed by atoms with Gasteiger partial charge in [-0.15, -0.1) is 0 Å². The Bertz CT molecular complexity index is 585. The van der Waals surface area contributed by atoms with Crippen molar-refractivity contribution in [3.05, 3.63) is 44.9 Å². The van der Waals surface area contributed by atoms with Crippen LogP contribution in [0.25, 0.3) is 0 Å². The van der Waals surface area contributed by atoms with Crippen LogP contribution in [0.1, 0.15) is 15.2 Å². The van der Waals surface area contributed by atoms with Crippen molar-refractivity contribution in [1.82, 2.24) is 10.3 Å². The SMILES string of the molecule is Nc1ncc(C(=O)NCc2cccc(Cl)c2Cl)s1. The minimum atomic E-state index is -0.236. The molecule has 1 aromatic heterocycles. The molecule has 0 unspecified atom stereocenters. The van der Waals surface area contributed by atoms with E-state index in [9.17, 15) is 4.79 Å². The molecule has 18 heavy (non-hydrogen) atoms. The maximum Gasteiger partial charge on any atom is 0.263 e. The van der Waals surface area contributed by atoms with Gasteiger partial charge in [-0.3, -0.25) is 4.79 Å². The Hall–Kier alpha value is -1.30. The predicted octanol–water partition coefficient (Wildman–Crippen LogP) is 2.96. The third-order valence-corrected chi connectivity index (χ3v) is 3.90. The fourth-order valence-corrected chi connectivity index (χ4v) is 2.33. The molecule has 94 valence electrons. The van der Waals surface area contributed by atoms with Crippen LogP contribution in [0.5, 0.6) is 0 Å². The second-order valence-corrected chi connectivity index (χ2v) is 5.31. The lowest BCUT2D eigenvalue weighted by molar-refractivity contribution is 0.0955. The first-order valence-corrected chi connectivity index (χ1v) is 6.57. The molecule has 0 saturated carbocycles. The first-order valence-electron chi connectivity index (χ1n) is 5.00. The summed E-state index contributed by atoms with van der Waals surface area (Å²) in [6.45, 7) is 0.302. The highest BCUT2D eigenvalue weighted by Crippen LogP contribution is 2.25. The first kappa shape index (κ1) is 13.1. The number of hydrogen-bond donors (Lipinski definition) is 2. The van der Waals surface area contributed by atoms with E-state index in [4.69, 9.17) is 28.9 Å². The zero-order chi connectivity index (χ0) is 13.1. The summed E-state index contributed by atoms with van der Waals surface area (Å²) in [5.41, 5.74) is 6.22. The molecule has 2 rings (SSSR count). The molecule has 0 aliphatic carbocycles. The van der Waals surface area contributed by atoms with Crippen LogP contribution in [0.4, 0.5) is 5.13 Å². The third-order valence-electron chi connectivity index (χ3n) is 2.22. The number of benzene rings is 1. The number of amides is 1. The highest BCUT2D eigenvalue weighted by Gasteiger charge is 2.10. The monoisotopic (exact) mass is 301 g/mol. The zero-order valence-corrected chi connectivity index (χ0v) is 11.4. The molecule has 1 amide bonds. The number of rotatable bonds is 3. The summed E-state index contributed by atoms with van der Waals surface area (Å²) in [6.07, 6.45) is 1.44. The van der Waals surface area contributed by atoms with Gasteiger partial charge in [0, 0.05) is 6.54 Å². The van der Waals surface area contributed by atoms with Crippen LogP contribution in [-0.2, 0) is 6.54 Å². The predicted molar refractivity (Wildman–Crippen MR) is 74.2 cm³/mol. The van der Waals surface area contributed by atoms with Crippen molar-refractivity contribution in [2.75, 3.05) is 5.73 Å². The number of anilines is 1. The average molecular weight is 302 g/mol. The standard InChI is InChI=1S/C11H9Cl2N3OS/c12-7-3-1-2-6(9(7)13)4-15-10(17)8-5-16-11(14)18-8/h1-3,5H,4H2,(H2,14,16)(H,15,17). The Labute approximate surface area is 118 Å². The molecular formula is C11H9Cl2N3OS. The van der Waals surface area contributed by atoms with E-state index in [1.807, 2.05) is 0 Å². The molecule has 2 aromatic rings. The number of nitrogens with two attached hydrogens (primary N) is 1. The van der Waals surface area contributed by atoms with Crippen molar-refractivity contribution in [1.29, 1.82) is 0 Å². The van der Waals surface area contributed by atoms with Crippen molar-refractivity contribution in [3.63, 3.8) is 0 Å². The second kappa shape index (κ2) is 5.56. The minimum absolute atomic E-state index is 0.236. The van der Waals surface area contributed by atoms with Crippen LogP contribution in [-0.4, -0.2) is 10.9 Å². The Morgan fingerprint density at radius 1 is 1.44 bits per heavy atom. The van der Waals surface area contributed by atoms with Gasteiger partial charge in [0.05, 0.1) is 16.2 Å². The number of carbonyl (C=O) groups excluding carboxylic acids is 1. The summed E-state index contributed by atoms with van der Waals surface area (Å²) in [4.78, 5) is 16.0. The van der Waals surface area contributed by atoms with E-state index < -0.39 is 0 Å². The fourth-order valence-electron chi connectivity index (χ4n) is 1.34. The molecule has 0 bridgehead atoms. The first-order chi connectivity index (χ1) is 8.58. The van der Waals surface area contributed by atoms with E-state index in [2.05, 4.69) is 10.3 Å². The van der Waals surface area contributed by atoms with Crippen LogP contribution in [0.15, 0.2) is 24.4 Å². The molecule has 3 N–H and O–H groups in total. The summed E-state index contributed by atoms with van der Waals surface area (Å²) < 4.78 is 0. The van der Waals surface area contributed by atoms with Crippen LogP contribution in [0.3, 0.4) is 0 Å². The molecule has 0 fully saturated rings. The van der Waals surface area contributed by atoms with E-state index in [0.29, 0.717) is 26.6 Å². The third kappa shape index (κ3) is 2.93. The van der Waals surface area contributed by atoms with Crippen LogP contribution < -0.4 is 11.1 Å². The van der Waals surface area contributed by atoms with Gasteiger partial charge >= 0.3 is 0 Å². The van der Waals surface area contributed by atoms with Gasteiger partial charge in [-0.05, 0) is 11.6 Å².